The molecule has 0 spiro atoms. The molecule has 16 heavy (non-hydrogen) atoms. The minimum absolute atomic E-state index is 0.367. The first-order valence-corrected chi connectivity index (χ1v) is 6.07. The smallest absolute Gasteiger partial charge is 0.119 e. The summed E-state index contributed by atoms with van der Waals surface area (Å²) >= 11 is 0. The molecule has 0 aromatic heterocycles. The van der Waals surface area contributed by atoms with Crippen molar-refractivity contribution >= 4 is 0 Å². The maximum absolute atomic E-state index is 10.1. The van der Waals surface area contributed by atoms with Crippen molar-refractivity contribution in [3.05, 3.63) is 29.8 Å². The summed E-state index contributed by atoms with van der Waals surface area (Å²) in [6.07, 6.45) is 2.47. The van der Waals surface area contributed by atoms with Gasteiger partial charge in [-0.15, -0.1) is 0 Å². The van der Waals surface area contributed by atoms with E-state index in [0.717, 1.165) is 25.0 Å². The Morgan fingerprint density at radius 1 is 1.06 bits per heavy atom. The van der Waals surface area contributed by atoms with Crippen LogP contribution in [0.5, 0.6) is 5.75 Å². The fraction of sp³-hybridized carbons (Fsp3) is 0.571. The fourth-order valence-corrected chi connectivity index (χ4v) is 1.49. The lowest BCUT2D eigenvalue weighted by molar-refractivity contribution is -0.0113. The molecule has 2 nitrogen and oxygen atoms in total. The van der Waals surface area contributed by atoms with Gasteiger partial charge in [-0.05, 0) is 37.0 Å². The molecule has 2 heteroatoms. The molecule has 0 aliphatic heterocycles. The first kappa shape index (κ1) is 13.0. The SMILES string of the molecule is CCc1ccc(OCC(O)(CC)CC)cc1. The molecule has 0 amide bonds. The van der Waals surface area contributed by atoms with E-state index in [1.807, 2.05) is 26.0 Å². The van der Waals surface area contributed by atoms with Crippen molar-refractivity contribution in [1.29, 1.82) is 0 Å². The summed E-state index contributed by atoms with van der Waals surface area (Å²) in [5, 5.41) is 10.1. The zero-order valence-corrected chi connectivity index (χ0v) is 10.5. The quantitative estimate of drug-likeness (QED) is 0.801. The molecular formula is C14H22O2. The summed E-state index contributed by atoms with van der Waals surface area (Å²) < 4.78 is 5.60. The van der Waals surface area contributed by atoms with Crippen molar-refractivity contribution in [2.45, 2.75) is 45.6 Å². The van der Waals surface area contributed by atoms with Crippen LogP contribution in [0.25, 0.3) is 0 Å². The average molecular weight is 222 g/mol. The highest BCUT2D eigenvalue weighted by molar-refractivity contribution is 5.27. The fourth-order valence-electron chi connectivity index (χ4n) is 1.49. The van der Waals surface area contributed by atoms with Crippen molar-refractivity contribution in [3.8, 4) is 5.75 Å². The number of aliphatic hydroxyl groups is 1. The summed E-state index contributed by atoms with van der Waals surface area (Å²) in [4.78, 5) is 0. The predicted molar refractivity (Wildman–Crippen MR) is 66.8 cm³/mol. The molecule has 0 atom stereocenters. The summed E-state index contributed by atoms with van der Waals surface area (Å²) in [5.41, 5.74) is 0.609. The molecular weight excluding hydrogens is 200 g/mol. The molecule has 0 radical (unpaired) electrons. The third kappa shape index (κ3) is 3.53. The largest absolute Gasteiger partial charge is 0.491 e. The van der Waals surface area contributed by atoms with Gasteiger partial charge >= 0.3 is 0 Å². The Bertz CT molecular complexity index is 299. The molecule has 0 heterocycles. The van der Waals surface area contributed by atoms with Gasteiger partial charge in [0.1, 0.15) is 12.4 Å². The lowest BCUT2D eigenvalue weighted by Crippen LogP contribution is -2.34. The Morgan fingerprint density at radius 3 is 2.06 bits per heavy atom. The van der Waals surface area contributed by atoms with Crippen LogP contribution in [-0.2, 0) is 6.42 Å². The van der Waals surface area contributed by atoms with E-state index >= 15 is 0 Å². The first-order valence-electron chi connectivity index (χ1n) is 6.07. The topological polar surface area (TPSA) is 29.5 Å². The molecule has 1 rings (SSSR count). The Kier molecular flexibility index (Phi) is 4.81. The van der Waals surface area contributed by atoms with Crippen LogP contribution in [0.2, 0.25) is 0 Å². The van der Waals surface area contributed by atoms with Gasteiger partial charge in [0, 0.05) is 0 Å². The number of rotatable bonds is 6. The standard InChI is InChI=1S/C14H22O2/c1-4-12-7-9-13(10-8-12)16-11-14(15,5-2)6-3/h7-10,15H,4-6,11H2,1-3H3. The number of hydrogen-bond acceptors (Lipinski definition) is 2. The minimum Gasteiger partial charge on any atom is -0.491 e. The maximum Gasteiger partial charge on any atom is 0.119 e. The molecule has 0 unspecified atom stereocenters. The van der Waals surface area contributed by atoms with Gasteiger partial charge in [0.05, 0.1) is 5.60 Å². The van der Waals surface area contributed by atoms with E-state index in [4.69, 9.17) is 4.74 Å². The number of aryl methyl sites for hydroxylation is 1. The average Bonchev–Trinajstić information content (AvgIpc) is 2.36. The van der Waals surface area contributed by atoms with Crippen LogP contribution < -0.4 is 4.74 Å². The van der Waals surface area contributed by atoms with E-state index in [1.165, 1.54) is 5.56 Å². The second-order valence-electron chi connectivity index (χ2n) is 4.22. The summed E-state index contributed by atoms with van der Waals surface area (Å²) in [6, 6.07) is 8.05. The van der Waals surface area contributed by atoms with Gasteiger partial charge in [0.25, 0.3) is 0 Å². The lowest BCUT2D eigenvalue weighted by Gasteiger charge is -2.25. The van der Waals surface area contributed by atoms with Crippen LogP contribution in [0.3, 0.4) is 0 Å². The first-order chi connectivity index (χ1) is 7.63. The Hall–Kier alpha value is -1.02. The Morgan fingerprint density at radius 2 is 1.62 bits per heavy atom. The van der Waals surface area contributed by atoms with Crippen LogP contribution in [0, 0.1) is 0 Å². The van der Waals surface area contributed by atoms with Crippen molar-refractivity contribution in [2.24, 2.45) is 0 Å². The molecule has 0 saturated carbocycles. The van der Waals surface area contributed by atoms with Gasteiger partial charge in [-0.3, -0.25) is 0 Å². The molecule has 0 bridgehead atoms. The van der Waals surface area contributed by atoms with Crippen molar-refractivity contribution < 1.29 is 9.84 Å². The predicted octanol–water partition coefficient (Wildman–Crippen LogP) is 3.18. The van der Waals surface area contributed by atoms with E-state index in [1.54, 1.807) is 0 Å². The second kappa shape index (κ2) is 5.90. The van der Waals surface area contributed by atoms with Crippen molar-refractivity contribution in [2.75, 3.05) is 6.61 Å². The van der Waals surface area contributed by atoms with Gasteiger partial charge < -0.3 is 9.84 Å². The van der Waals surface area contributed by atoms with Crippen LogP contribution >= 0.6 is 0 Å². The molecule has 0 fully saturated rings. The van der Waals surface area contributed by atoms with E-state index in [2.05, 4.69) is 19.1 Å². The summed E-state index contributed by atoms with van der Waals surface area (Å²) in [7, 11) is 0. The van der Waals surface area contributed by atoms with Gasteiger partial charge in [-0.2, -0.15) is 0 Å². The minimum atomic E-state index is -0.691. The Labute approximate surface area is 98.3 Å². The van der Waals surface area contributed by atoms with E-state index in [0.29, 0.717) is 6.61 Å². The van der Waals surface area contributed by atoms with Crippen LogP contribution in [0.4, 0.5) is 0 Å². The van der Waals surface area contributed by atoms with E-state index in [-0.39, 0.29) is 0 Å². The van der Waals surface area contributed by atoms with Gasteiger partial charge in [0.2, 0.25) is 0 Å². The highest BCUT2D eigenvalue weighted by atomic mass is 16.5. The second-order valence-corrected chi connectivity index (χ2v) is 4.22. The molecule has 0 aliphatic rings. The monoisotopic (exact) mass is 222 g/mol. The summed E-state index contributed by atoms with van der Waals surface area (Å²) in [5.74, 6) is 0.831. The third-order valence-corrected chi connectivity index (χ3v) is 3.16. The molecule has 0 saturated heterocycles. The number of ether oxygens (including phenoxy) is 1. The van der Waals surface area contributed by atoms with Gasteiger partial charge in [-0.1, -0.05) is 32.9 Å². The van der Waals surface area contributed by atoms with Crippen LogP contribution in [0.15, 0.2) is 24.3 Å². The zero-order valence-electron chi connectivity index (χ0n) is 10.5. The highest BCUT2D eigenvalue weighted by Gasteiger charge is 2.22. The third-order valence-electron chi connectivity index (χ3n) is 3.16. The Balaban J connectivity index is 2.54. The number of hydrogen-bond donors (Lipinski definition) is 1. The molecule has 1 aromatic carbocycles. The van der Waals surface area contributed by atoms with Crippen LogP contribution in [-0.4, -0.2) is 17.3 Å². The molecule has 0 aliphatic carbocycles. The normalized spacial score (nSPS) is 11.5. The van der Waals surface area contributed by atoms with E-state index < -0.39 is 5.60 Å². The van der Waals surface area contributed by atoms with Gasteiger partial charge in [-0.25, -0.2) is 0 Å². The maximum atomic E-state index is 10.1. The summed E-state index contributed by atoms with van der Waals surface area (Å²) in [6.45, 7) is 6.45. The van der Waals surface area contributed by atoms with Crippen LogP contribution in [0.1, 0.15) is 39.2 Å². The molecule has 90 valence electrons. The lowest BCUT2D eigenvalue weighted by atomic mass is 9.99. The number of benzene rings is 1. The van der Waals surface area contributed by atoms with Crippen molar-refractivity contribution in [3.63, 3.8) is 0 Å². The zero-order chi connectivity index (χ0) is 12.0. The molecule has 1 N–H and O–H groups in total. The van der Waals surface area contributed by atoms with E-state index in [9.17, 15) is 5.11 Å². The highest BCUT2D eigenvalue weighted by Crippen LogP contribution is 2.18. The van der Waals surface area contributed by atoms with Crippen molar-refractivity contribution in [1.82, 2.24) is 0 Å². The molecule has 1 aromatic rings. The van der Waals surface area contributed by atoms with Gasteiger partial charge in [0.15, 0.2) is 0 Å².